The fourth-order valence-electron chi connectivity index (χ4n) is 4.55. The molecule has 1 aromatic heterocycles. The Morgan fingerprint density at radius 3 is 2.40 bits per heavy atom. The Morgan fingerprint density at radius 2 is 1.69 bits per heavy atom. The number of nitrogens with zero attached hydrogens (tertiary/aromatic N) is 3. The van der Waals surface area contributed by atoms with E-state index in [9.17, 15) is 19.8 Å². The zero-order valence-electron chi connectivity index (χ0n) is 23.2. The summed E-state index contributed by atoms with van der Waals surface area (Å²) >= 11 is 0. The number of fused-ring (bicyclic) bond motifs is 1. The number of allylic oxidation sites excluding steroid dienone is 1. The summed E-state index contributed by atoms with van der Waals surface area (Å²) in [7, 11) is 0. The number of phenolic OH excluding ortho intramolecular Hbond substituents is 2. The molecule has 0 unspecified atom stereocenters. The Balaban J connectivity index is 1.15. The Kier molecular flexibility index (Phi) is 8.47. The van der Waals surface area contributed by atoms with Crippen LogP contribution in [-0.4, -0.2) is 50.2 Å². The number of phenols is 2. The summed E-state index contributed by atoms with van der Waals surface area (Å²) in [5, 5.41) is 30.1. The highest BCUT2D eigenvalue weighted by Gasteiger charge is 2.16. The van der Waals surface area contributed by atoms with Crippen LogP contribution < -0.4 is 4.74 Å². The van der Waals surface area contributed by atoms with E-state index >= 15 is 0 Å². The molecule has 42 heavy (non-hydrogen) atoms. The number of carbonyl (C=O) groups is 2. The average molecular weight is 566 g/mol. The second-order valence-corrected chi connectivity index (χ2v) is 10.1. The van der Waals surface area contributed by atoms with E-state index in [-0.39, 0.29) is 36.1 Å². The van der Waals surface area contributed by atoms with E-state index in [1.165, 1.54) is 16.9 Å². The molecule has 0 amide bonds. The summed E-state index contributed by atoms with van der Waals surface area (Å²) in [6, 6.07) is 17.2. The normalized spacial score (nSPS) is 12.0. The van der Waals surface area contributed by atoms with E-state index in [4.69, 9.17) is 9.47 Å². The maximum Gasteiger partial charge on any atom is 0.333 e. The maximum absolute atomic E-state index is 13.0. The van der Waals surface area contributed by atoms with Gasteiger partial charge in [0.05, 0.1) is 11.3 Å². The van der Waals surface area contributed by atoms with Gasteiger partial charge < -0.3 is 19.7 Å². The lowest BCUT2D eigenvalue weighted by atomic mass is 9.98. The number of ketones is 1. The smallest absolute Gasteiger partial charge is 0.333 e. The molecule has 214 valence electrons. The lowest BCUT2D eigenvalue weighted by Crippen LogP contribution is -2.12. The van der Waals surface area contributed by atoms with Crippen molar-refractivity contribution in [1.82, 2.24) is 15.0 Å². The topological polar surface area (TPSA) is 124 Å². The van der Waals surface area contributed by atoms with E-state index in [1.54, 1.807) is 31.2 Å². The molecule has 4 aromatic rings. The van der Waals surface area contributed by atoms with Crippen molar-refractivity contribution in [3.63, 3.8) is 0 Å². The van der Waals surface area contributed by atoms with Crippen LogP contribution in [0.1, 0.15) is 51.8 Å². The third-order valence-electron chi connectivity index (χ3n) is 6.86. The molecule has 1 heterocycles. The van der Waals surface area contributed by atoms with Crippen molar-refractivity contribution < 1.29 is 29.3 Å². The molecule has 9 heteroatoms. The van der Waals surface area contributed by atoms with Crippen LogP contribution in [0.2, 0.25) is 0 Å². The molecular formula is C33H31N3O6. The van der Waals surface area contributed by atoms with Crippen LogP contribution in [0.5, 0.6) is 17.2 Å². The van der Waals surface area contributed by atoms with Gasteiger partial charge in [-0.25, -0.2) is 4.79 Å². The minimum Gasteiger partial charge on any atom is -0.507 e. The maximum atomic E-state index is 13.0. The molecule has 0 aliphatic heterocycles. The van der Waals surface area contributed by atoms with Gasteiger partial charge in [0.15, 0.2) is 5.78 Å². The summed E-state index contributed by atoms with van der Waals surface area (Å²) in [4.78, 5) is 25.9. The van der Waals surface area contributed by atoms with Gasteiger partial charge in [-0.3, -0.25) is 4.79 Å². The molecule has 0 spiro atoms. The highest BCUT2D eigenvalue weighted by Crippen LogP contribution is 2.27. The van der Waals surface area contributed by atoms with Crippen LogP contribution in [0.3, 0.4) is 0 Å². The molecule has 0 radical (unpaired) electrons. The van der Waals surface area contributed by atoms with Crippen molar-refractivity contribution in [1.29, 1.82) is 0 Å². The molecule has 0 bridgehead atoms. The Bertz CT molecular complexity index is 1670. The van der Waals surface area contributed by atoms with Crippen LogP contribution in [0.25, 0.3) is 11.8 Å². The Hall–Kier alpha value is -5.18. The van der Waals surface area contributed by atoms with Gasteiger partial charge >= 0.3 is 5.97 Å². The molecule has 9 nitrogen and oxygen atoms in total. The second-order valence-electron chi connectivity index (χ2n) is 10.1. The standard InChI is InChI=1S/C33H31N3O6/c1-21(2)33(40)42-18-17-41-25-14-15-26(30(37)20-25)32(39)24-12-9-22(10-13-24)7-8-23-11-16-29(31(38)19-23)36-34-27-5-3-4-6-28(27)35-36/h3,5,9-16,19-20,37-38H,1,4,6-8,17-18H2,2H3. The molecular weight excluding hydrogens is 534 g/mol. The first-order valence-electron chi connectivity index (χ1n) is 13.7. The second kappa shape index (κ2) is 12.6. The highest BCUT2D eigenvalue weighted by atomic mass is 16.6. The van der Waals surface area contributed by atoms with Gasteiger partial charge in [-0.2, -0.15) is 5.10 Å². The Labute approximate surface area is 243 Å². The first-order chi connectivity index (χ1) is 20.3. The molecule has 0 atom stereocenters. The molecule has 0 saturated carbocycles. The van der Waals surface area contributed by atoms with Crippen molar-refractivity contribution in [3.05, 3.63) is 113 Å². The number of carbonyl (C=O) groups excluding carboxylic acids is 2. The summed E-state index contributed by atoms with van der Waals surface area (Å²) in [6.45, 7) is 5.20. The summed E-state index contributed by atoms with van der Waals surface area (Å²) in [5.41, 5.74) is 5.20. The van der Waals surface area contributed by atoms with E-state index in [0.29, 0.717) is 35.4 Å². The zero-order chi connectivity index (χ0) is 29.6. The number of hydrogen-bond donors (Lipinski definition) is 2. The summed E-state index contributed by atoms with van der Waals surface area (Å²) < 4.78 is 10.5. The number of aromatic hydroxyl groups is 2. The number of esters is 1. The first-order valence-corrected chi connectivity index (χ1v) is 13.7. The zero-order valence-corrected chi connectivity index (χ0v) is 23.2. The van der Waals surface area contributed by atoms with Crippen LogP contribution in [0.4, 0.5) is 0 Å². The quantitative estimate of drug-likeness (QED) is 0.111. The van der Waals surface area contributed by atoms with E-state index in [0.717, 1.165) is 35.4 Å². The van der Waals surface area contributed by atoms with Gasteiger partial charge in [0.25, 0.3) is 0 Å². The number of benzene rings is 3. The Morgan fingerprint density at radius 1 is 0.929 bits per heavy atom. The molecule has 0 fully saturated rings. The SMILES string of the molecule is C=C(C)C(=O)OCCOc1ccc(C(=O)c2ccc(CCc3ccc(-n4nc5c(n4)CCC=C5)c(O)c3)cc2)c(O)c1. The fraction of sp³-hybridized carbons (Fsp3) is 0.212. The van der Waals surface area contributed by atoms with Gasteiger partial charge in [-0.15, -0.1) is 9.90 Å². The molecule has 2 N–H and O–H groups in total. The number of ether oxygens (including phenoxy) is 2. The van der Waals surface area contributed by atoms with Gasteiger partial charge in [-0.05, 0) is 74.1 Å². The van der Waals surface area contributed by atoms with E-state index in [1.807, 2.05) is 30.3 Å². The fourth-order valence-corrected chi connectivity index (χ4v) is 4.55. The van der Waals surface area contributed by atoms with E-state index < -0.39 is 5.97 Å². The van der Waals surface area contributed by atoms with Crippen LogP contribution in [-0.2, 0) is 28.8 Å². The lowest BCUT2D eigenvalue weighted by molar-refractivity contribution is -0.139. The predicted octanol–water partition coefficient (Wildman–Crippen LogP) is 5.15. The van der Waals surface area contributed by atoms with Gasteiger partial charge in [0.2, 0.25) is 0 Å². The lowest BCUT2D eigenvalue weighted by Gasteiger charge is -2.10. The number of aromatic nitrogens is 3. The molecule has 0 saturated heterocycles. The molecule has 3 aromatic carbocycles. The monoisotopic (exact) mass is 565 g/mol. The molecule has 1 aliphatic carbocycles. The third kappa shape index (κ3) is 6.58. The van der Waals surface area contributed by atoms with Crippen LogP contribution in [0.15, 0.2) is 78.9 Å². The number of aryl methyl sites for hydroxylation is 3. The predicted molar refractivity (Wildman–Crippen MR) is 157 cm³/mol. The summed E-state index contributed by atoms with van der Waals surface area (Å²) in [6.07, 6.45) is 7.22. The van der Waals surface area contributed by atoms with Crippen molar-refractivity contribution in [3.8, 4) is 22.9 Å². The van der Waals surface area contributed by atoms with Crippen molar-refractivity contribution >= 4 is 17.8 Å². The number of hydrogen-bond acceptors (Lipinski definition) is 8. The van der Waals surface area contributed by atoms with Gasteiger partial charge in [0, 0.05) is 17.2 Å². The van der Waals surface area contributed by atoms with Crippen LogP contribution >= 0.6 is 0 Å². The average Bonchev–Trinajstić information content (AvgIpc) is 3.42. The first kappa shape index (κ1) is 28.4. The van der Waals surface area contributed by atoms with E-state index in [2.05, 4.69) is 22.9 Å². The van der Waals surface area contributed by atoms with Crippen LogP contribution in [0, 0.1) is 0 Å². The minimum atomic E-state index is -0.499. The highest BCUT2D eigenvalue weighted by molar-refractivity contribution is 6.10. The number of rotatable bonds is 11. The van der Waals surface area contributed by atoms with Crippen molar-refractivity contribution in [2.24, 2.45) is 0 Å². The van der Waals surface area contributed by atoms with Crippen molar-refractivity contribution in [2.75, 3.05) is 13.2 Å². The molecule has 5 rings (SSSR count). The van der Waals surface area contributed by atoms with Gasteiger partial charge in [0.1, 0.15) is 41.8 Å². The molecule has 1 aliphatic rings. The third-order valence-corrected chi connectivity index (χ3v) is 6.86. The minimum absolute atomic E-state index is 0.0360. The van der Waals surface area contributed by atoms with Crippen molar-refractivity contribution in [2.45, 2.75) is 32.6 Å². The largest absolute Gasteiger partial charge is 0.507 e. The summed E-state index contributed by atoms with van der Waals surface area (Å²) in [5.74, 6) is -0.549. The van der Waals surface area contributed by atoms with Gasteiger partial charge in [-0.1, -0.05) is 43.0 Å².